The first-order valence-electron chi connectivity index (χ1n) is 6.08. The molecule has 92 valence electrons. The van der Waals surface area contributed by atoms with Gasteiger partial charge in [0.15, 0.2) is 0 Å². The third-order valence-electron chi connectivity index (χ3n) is 3.18. The molecule has 2 rings (SSSR count). The summed E-state index contributed by atoms with van der Waals surface area (Å²) in [6.07, 6.45) is 2.10. The zero-order valence-electron chi connectivity index (χ0n) is 10.4. The van der Waals surface area contributed by atoms with Gasteiger partial charge in [-0.1, -0.05) is 33.1 Å². The minimum atomic E-state index is 0.177. The molecule has 0 atom stereocenters. The minimum absolute atomic E-state index is 0.177. The van der Waals surface area contributed by atoms with Crippen molar-refractivity contribution in [1.82, 2.24) is 4.90 Å². The average molecular weight is 296 g/mol. The van der Waals surface area contributed by atoms with Crippen molar-refractivity contribution in [1.29, 1.82) is 0 Å². The summed E-state index contributed by atoms with van der Waals surface area (Å²) < 4.78 is 0. The Balaban J connectivity index is 2.14. The highest BCUT2D eigenvalue weighted by atomic mass is 79.9. The normalized spacial score (nSPS) is 17.2. The molecule has 0 radical (unpaired) electrons. The van der Waals surface area contributed by atoms with E-state index < -0.39 is 0 Å². The summed E-state index contributed by atoms with van der Waals surface area (Å²) in [5.74, 6) is 0.177. The topological polar surface area (TPSA) is 20.3 Å². The molecule has 0 aliphatic carbocycles. The molecule has 1 aromatic rings. The summed E-state index contributed by atoms with van der Waals surface area (Å²) >= 11 is 3.61. The summed E-state index contributed by atoms with van der Waals surface area (Å²) in [6, 6.07) is 6.06. The number of aryl methyl sites for hydroxylation is 2. The molecule has 17 heavy (non-hydrogen) atoms. The van der Waals surface area contributed by atoms with Crippen LogP contribution in [0.3, 0.4) is 0 Å². The number of amides is 1. The predicted octanol–water partition coefficient (Wildman–Crippen LogP) is 3.30. The molecule has 0 aromatic heterocycles. The van der Waals surface area contributed by atoms with Gasteiger partial charge >= 0.3 is 0 Å². The molecule has 1 fully saturated rings. The predicted molar refractivity (Wildman–Crippen MR) is 73.8 cm³/mol. The fourth-order valence-corrected chi connectivity index (χ4v) is 2.74. The summed E-state index contributed by atoms with van der Waals surface area (Å²) in [5, 5.41) is 0. The SMILES string of the molecule is Cc1cc(C)cc(C(=O)N2CCC(Br)CC2)c1. The molecule has 1 aliphatic rings. The fraction of sp³-hybridized carbons (Fsp3) is 0.500. The molecule has 3 heteroatoms. The van der Waals surface area contributed by atoms with Crippen LogP contribution in [0.15, 0.2) is 18.2 Å². The van der Waals surface area contributed by atoms with Crippen LogP contribution >= 0.6 is 15.9 Å². The Hall–Kier alpha value is -0.830. The van der Waals surface area contributed by atoms with E-state index in [1.807, 2.05) is 30.9 Å². The number of likely N-dealkylation sites (tertiary alicyclic amines) is 1. The number of rotatable bonds is 1. The van der Waals surface area contributed by atoms with E-state index in [9.17, 15) is 4.79 Å². The molecule has 0 bridgehead atoms. The Morgan fingerprint density at radius 2 is 1.71 bits per heavy atom. The molecule has 1 aromatic carbocycles. The first-order valence-corrected chi connectivity index (χ1v) is 6.99. The molecule has 1 amide bonds. The Bertz CT molecular complexity index is 402. The average Bonchev–Trinajstić information content (AvgIpc) is 2.28. The Morgan fingerprint density at radius 1 is 1.18 bits per heavy atom. The van der Waals surface area contributed by atoms with Gasteiger partial charge in [0, 0.05) is 23.5 Å². The van der Waals surface area contributed by atoms with Crippen LogP contribution in [0.2, 0.25) is 0 Å². The van der Waals surface area contributed by atoms with Crippen molar-refractivity contribution < 1.29 is 4.79 Å². The van der Waals surface area contributed by atoms with Crippen LogP contribution in [0.5, 0.6) is 0 Å². The van der Waals surface area contributed by atoms with E-state index in [4.69, 9.17) is 0 Å². The lowest BCUT2D eigenvalue weighted by Crippen LogP contribution is -2.38. The van der Waals surface area contributed by atoms with Crippen LogP contribution in [0.4, 0.5) is 0 Å². The second-order valence-electron chi connectivity index (χ2n) is 4.84. The zero-order chi connectivity index (χ0) is 12.4. The van der Waals surface area contributed by atoms with Crippen molar-refractivity contribution in [3.8, 4) is 0 Å². The highest BCUT2D eigenvalue weighted by Gasteiger charge is 2.22. The lowest BCUT2D eigenvalue weighted by Gasteiger charge is -2.29. The van der Waals surface area contributed by atoms with Crippen molar-refractivity contribution in [2.75, 3.05) is 13.1 Å². The van der Waals surface area contributed by atoms with Gasteiger partial charge in [-0.25, -0.2) is 0 Å². The molecule has 1 aliphatic heterocycles. The van der Waals surface area contributed by atoms with E-state index in [-0.39, 0.29) is 5.91 Å². The molecule has 2 nitrogen and oxygen atoms in total. The summed E-state index contributed by atoms with van der Waals surface area (Å²) in [6.45, 7) is 5.80. The summed E-state index contributed by atoms with van der Waals surface area (Å²) in [7, 11) is 0. The van der Waals surface area contributed by atoms with Gasteiger partial charge < -0.3 is 4.90 Å². The zero-order valence-corrected chi connectivity index (χ0v) is 12.0. The van der Waals surface area contributed by atoms with Gasteiger partial charge in [-0.2, -0.15) is 0 Å². The summed E-state index contributed by atoms with van der Waals surface area (Å²) in [5.41, 5.74) is 3.14. The summed E-state index contributed by atoms with van der Waals surface area (Å²) in [4.78, 5) is 14.9. The van der Waals surface area contributed by atoms with E-state index >= 15 is 0 Å². The van der Waals surface area contributed by atoms with Gasteiger partial charge in [0.05, 0.1) is 0 Å². The molecule has 0 spiro atoms. The number of hydrogen-bond acceptors (Lipinski definition) is 1. The Labute approximate surface area is 111 Å². The largest absolute Gasteiger partial charge is 0.339 e. The first-order chi connectivity index (χ1) is 8.06. The molecule has 0 saturated carbocycles. The van der Waals surface area contributed by atoms with Crippen molar-refractivity contribution in [3.63, 3.8) is 0 Å². The lowest BCUT2D eigenvalue weighted by atomic mass is 10.0. The molecular weight excluding hydrogens is 278 g/mol. The van der Waals surface area contributed by atoms with Gasteiger partial charge in [-0.05, 0) is 38.8 Å². The first kappa shape index (κ1) is 12.6. The minimum Gasteiger partial charge on any atom is -0.339 e. The van der Waals surface area contributed by atoms with Crippen LogP contribution in [-0.4, -0.2) is 28.7 Å². The van der Waals surface area contributed by atoms with E-state index in [2.05, 4.69) is 22.0 Å². The van der Waals surface area contributed by atoms with Crippen LogP contribution < -0.4 is 0 Å². The molecule has 1 heterocycles. The Kier molecular flexibility index (Phi) is 3.87. The third-order valence-corrected chi connectivity index (χ3v) is 4.10. The van der Waals surface area contributed by atoms with E-state index in [1.165, 1.54) is 0 Å². The maximum absolute atomic E-state index is 12.3. The standard InChI is InChI=1S/C14H18BrNO/c1-10-7-11(2)9-12(8-10)14(17)16-5-3-13(15)4-6-16/h7-9,13H,3-6H2,1-2H3. The van der Waals surface area contributed by atoms with Crippen molar-refractivity contribution in [2.45, 2.75) is 31.5 Å². The van der Waals surface area contributed by atoms with E-state index in [0.29, 0.717) is 4.83 Å². The fourth-order valence-electron chi connectivity index (χ4n) is 2.33. The van der Waals surface area contributed by atoms with Crippen molar-refractivity contribution in [3.05, 3.63) is 34.9 Å². The molecule has 0 N–H and O–H groups in total. The van der Waals surface area contributed by atoms with Crippen LogP contribution in [0.1, 0.15) is 34.3 Å². The highest BCUT2D eigenvalue weighted by molar-refractivity contribution is 9.09. The van der Waals surface area contributed by atoms with Crippen LogP contribution in [0.25, 0.3) is 0 Å². The van der Waals surface area contributed by atoms with E-state index in [0.717, 1.165) is 42.6 Å². The second kappa shape index (κ2) is 5.21. The van der Waals surface area contributed by atoms with Gasteiger partial charge in [-0.3, -0.25) is 4.79 Å². The van der Waals surface area contributed by atoms with E-state index in [1.54, 1.807) is 0 Å². The van der Waals surface area contributed by atoms with Crippen molar-refractivity contribution in [2.24, 2.45) is 0 Å². The number of hydrogen-bond donors (Lipinski definition) is 0. The van der Waals surface area contributed by atoms with Gasteiger partial charge in [0.2, 0.25) is 0 Å². The number of nitrogens with zero attached hydrogens (tertiary/aromatic N) is 1. The monoisotopic (exact) mass is 295 g/mol. The number of carbonyl (C=O) groups excluding carboxylic acids is 1. The van der Waals surface area contributed by atoms with Gasteiger partial charge in [0.25, 0.3) is 5.91 Å². The highest BCUT2D eigenvalue weighted by Crippen LogP contribution is 2.20. The molecule has 1 saturated heterocycles. The second-order valence-corrected chi connectivity index (χ2v) is 6.14. The number of carbonyl (C=O) groups is 1. The smallest absolute Gasteiger partial charge is 0.253 e. The lowest BCUT2D eigenvalue weighted by molar-refractivity contribution is 0.0728. The van der Waals surface area contributed by atoms with Crippen LogP contribution in [0, 0.1) is 13.8 Å². The number of benzene rings is 1. The molecule has 0 unspecified atom stereocenters. The maximum Gasteiger partial charge on any atom is 0.253 e. The Morgan fingerprint density at radius 3 is 2.24 bits per heavy atom. The molecular formula is C14H18BrNO. The number of piperidine rings is 1. The maximum atomic E-state index is 12.3. The van der Waals surface area contributed by atoms with Crippen LogP contribution in [-0.2, 0) is 0 Å². The van der Waals surface area contributed by atoms with Crippen molar-refractivity contribution >= 4 is 21.8 Å². The number of halogens is 1. The van der Waals surface area contributed by atoms with Gasteiger partial charge in [-0.15, -0.1) is 0 Å². The third kappa shape index (κ3) is 3.09. The quantitative estimate of drug-likeness (QED) is 0.728. The van der Waals surface area contributed by atoms with Gasteiger partial charge in [0.1, 0.15) is 0 Å². The number of alkyl halides is 1.